The summed E-state index contributed by atoms with van der Waals surface area (Å²) < 4.78 is 0. The van der Waals surface area contributed by atoms with Gasteiger partial charge in [-0.1, -0.05) is 182 Å². The topological polar surface area (TPSA) is 0 Å². The van der Waals surface area contributed by atoms with E-state index in [4.69, 9.17) is 0 Å². The van der Waals surface area contributed by atoms with Gasteiger partial charge in [0, 0.05) is 17.3 Å². The van der Waals surface area contributed by atoms with Crippen LogP contribution in [0.1, 0.15) is 22.3 Å². The SMILES string of the molecule is C1=CC2(C=CC1C=C(c1ccccc1)c1ccccc1)C=CC(C=C(c1ccccc1)c1ccccc1)C=C2. The molecule has 0 heteroatoms. The van der Waals surface area contributed by atoms with Crippen molar-refractivity contribution in [3.63, 3.8) is 0 Å². The van der Waals surface area contributed by atoms with Crippen molar-refractivity contribution in [1.82, 2.24) is 0 Å². The Bertz CT molecular complexity index is 1330. The van der Waals surface area contributed by atoms with Crippen molar-refractivity contribution in [1.29, 1.82) is 0 Å². The Morgan fingerprint density at radius 3 is 0.897 bits per heavy atom. The average Bonchev–Trinajstić information content (AvgIpc) is 3.02. The van der Waals surface area contributed by atoms with E-state index in [1.54, 1.807) is 0 Å². The fourth-order valence-corrected chi connectivity index (χ4v) is 5.37. The maximum atomic E-state index is 2.37. The van der Waals surface area contributed by atoms with Gasteiger partial charge >= 0.3 is 0 Å². The highest BCUT2D eigenvalue weighted by Crippen LogP contribution is 2.37. The summed E-state index contributed by atoms with van der Waals surface area (Å²) in [6, 6.07) is 42.7. The molecule has 1 spiro atoms. The van der Waals surface area contributed by atoms with Crippen molar-refractivity contribution in [3.8, 4) is 0 Å². The molecule has 0 saturated heterocycles. The van der Waals surface area contributed by atoms with Crippen molar-refractivity contribution >= 4 is 11.1 Å². The Morgan fingerprint density at radius 1 is 0.385 bits per heavy atom. The molecule has 0 aliphatic heterocycles. The van der Waals surface area contributed by atoms with Gasteiger partial charge in [0.15, 0.2) is 0 Å². The van der Waals surface area contributed by atoms with E-state index in [0.717, 1.165) is 0 Å². The first kappa shape index (κ1) is 24.6. The molecule has 188 valence electrons. The van der Waals surface area contributed by atoms with Gasteiger partial charge in [0.1, 0.15) is 0 Å². The van der Waals surface area contributed by atoms with Crippen LogP contribution in [0.4, 0.5) is 0 Å². The number of hydrogen-bond donors (Lipinski definition) is 0. The second kappa shape index (κ2) is 11.4. The second-order valence-corrected chi connectivity index (χ2v) is 10.2. The van der Waals surface area contributed by atoms with Gasteiger partial charge in [-0.05, 0) is 33.4 Å². The lowest BCUT2D eigenvalue weighted by Crippen LogP contribution is -2.16. The molecule has 2 aliphatic rings. The van der Waals surface area contributed by atoms with Gasteiger partial charge in [0.05, 0.1) is 0 Å². The van der Waals surface area contributed by atoms with Gasteiger partial charge in [-0.3, -0.25) is 0 Å². The summed E-state index contributed by atoms with van der Waals surface area (Å²) in [4.78, 5) is 0. The van der Waals surface area contributed by atoms with Crippen molar-refractivity contribution in [3.05, 3.63) is 204 Å². The van der Waals surface area contributed by atoms with E-state index >= 15 is 0 Å². The molecule has 0 radical (unpaired) electrons. The largest absolute Gasteiger partial charge is 0.0763 e. The van der Waals surface area contributed by atoms with Crippen LogP contribution in [0.15, 0.2) is 182 Å². The molecule has 39 heavy (non-hydrogen) atoms. The first-order chi connectivity index (χ1) is 19.3. The molecule has 4 aromatic carbocycles. The fraction of sp³-hybridized carbons (Fsp3) is 0.0769. The number of rotatable bonds is 6. The zero-order valence-electron chi connectivity index (χ0n) is 22.0. The minimum Gasteiger partial charge on any atom is -0.0763 e. The molecule has 4 aromatic rings. The molecule has 0 amide bonds. The Hall–Kier alpha value is -4.68. The summed E-state index contributed by atoms with van der Waals surface area (Å²) in [6.45, 7) is 0. The molecule has 2 aliphatic carbocycles. The highest BCUT2D eigenvalue weighted by molar-refractivity contribution is 5.81. The average molecular weight is 501 g/mol. The maximum absolute atomic E-state index is 2.37. The van der Waals surface area contributed by atoms with Gasteiger partial charge in [-0.15, -0.1) is 0 Å². The standard InChI is InChI=1S/C39H32/c1-5-13-33(14-6-1)37(34-15-7-2-8-16-34)29-31-21-25-39(26-22-31)27-23-32(24-28-39)30-38(35-17-9-3-10-18-35)36-19-11-4-12-20-36/h1-32H. The summed E-state index contributed by atoms with van der Waals surface area (Å²) in [6.07, 6.45) is 23.4. The Morgan fingerprint density at radius 2 is 0.641 bits per heavy atom. The van der Waals surface area contributed by atoms with Crippen LogP contribution in [0.5, 0.6) is 0 Å². The molecule has 0 N–H and O–H groups in total. The Balaban J connectivity index is 1.24. The predicted molar refractivity (Wildman–Crippen MR) is 166 cm³/mol. The fourth-order valence-electron chi connectivity index (χ4n) is 5.37. The van der Waals surface area contributed by atoms with E-state index < -0.39 is 0 Å². The van der Waals surface area contributed by atoms with Gasteiger partial charge in [-0.25, -0.2) is 0 Å². The van der Waals surface area contributed by atoms with Crippen LogP contribution in [0.3, 0.4) is 0 Å². The highest BCUT2D eigenvalue weighted by Gasteiger charge is 2.24. The lowest BCUT2D eigenvalue weighted by molar-refractivity contribution is 0.744. The third kappa shape index (κ3) is 5.76. The third-order valence-corrected chi connectivity index (χ3v) is 7.49. The van der Waals surface area contributed by atoms with Gasteiger partial charge in [-0.2, -0.15) is 0 Å². The molecule has 0 aromatic heterocycles. The zero-order valence-corrected chi connectivity index (χ0v) is 22.0. The third-order valence-electron chi connectivity index (χ3n) is 7.49. The number of benzene rings is 4. The van der Waals surface area contributed by atoms with Crippen molar-refractivity contribution in [2.75, 3.05) is 0 Å². The van der Waals surface area contributed by atoms with E-state index in [2.05, 4.69) is 182 Å². The molecular formula is C39H32. The Labute approximate surface area is 232 Å². The van der Waals surface area contributed by atoms with E-state index in [-0.39, 0.29) is 17.3 Å². The first-order valence-corrected chi connectivity index (χ1v) is 13.7. The van der Waals surface area contributed by atoms with Crippen molar-refractivity contribution in [2.45, 2.75) is 0 Å². The van der Waals surface area contributed by atoms with E-state index in [0.29, 0.717) is 0 Å². The molecule has 0 saturated carbocycles. The van der Waals surface area contributed by atoms with Crippen molar-refractivity contribution in [2.24, 2.45) is 17.3 Å². The van der Waals surface area contributed by atoms with Crippen LogP contribution in [-0.2, 0) is 0 Å². The summed E-state index contributed by atoms with van der Waals surface area (Å²) in [5.74, 6) is 0.487. The van der Waals surface area contributed by atoms with Crippen LogP contribution in [0, 0.1) is 17.3 Å². The summed E-state index contributed by atoms with van der Waals surface area (Å²) in [5.41, 5.74) is 7.34. The van der Waals surface area contributed by atoms with Gasteiger partial charge in [0.2, 0.25) is 0 Å². The molecule has 0 bridgehead atoms. The zero-order chi connectivity index (χ0) is 26.3. The predicted octanol–water partition coefficient (Wildman–Crippen LogP) is 9.72. The molecule has 0 nitrogen and oxygen atoms in total. The van der Waals surface area contributed by atoms with E-state index in [1.807, 2.05) is 0 Å². The monoisotopic (exact) mass is 500 g/mol. The van der Waals surface area contributed by atoms with Crippen LogP contribution in [-0.4, -0.2) is 0 Å². The summed E-state index contributed by atoms with van der Waals surface area (Å²) >= 11 is 0. The number of hydrogen-bond acceptors (Lipinski definition) is 0. The lowest BCUT2D eigenvalue weighted by atomic mass is 9.76. The van der Waals surface area contributed by atoms with Crippen LogP contribution >= 0.6 is 0 Å². The molecule has 0 heterocycles. The van der Waals surface area contributed by atoms with Crippen LogP contribution in [0.2, 0.25) is 0 Å². The van der Waals surface area contributed by atoms with E-state index in [9.17, 15) is 0 Å². The van der Waals surface area contributed by atoms with Crippen LogP contribution < -0.4 is 0 Å². The smallest absolute Gasteiger partial charge is 0.0424 e. The maximum Gasteiger partial charge on any atom is 0.0424 e. The summed E-state index contributed by atoms with van der Waals surface area (Å²) in [5, 5.41) is 0. The molecule has 0 unspecified atom stereocenters. The van der Waals surface area contributed by atoms with Gasteiger partial charge < -0.3 is 0 Å². The minimum atomic E-state index is -0.159. The molecular weight excluding hydrogens is 468 g/mol. The quantitative estimate of drug-likeness (QED) is 0.231. The summed E-state index contributed by atoms with van der Waals surface area (Å²) in [7, 11) is 0. The number of allylic oxidation sites excluding steroid dienone is 10. The highest BCUT2D eigenvalue weighted by atomic mass is 14.3. The van der Waals surface area contributed by atoms with Crippen LogP contribution in [0.25, 0.3) is 11.1 Å². The minimum absolute atomic E-state index is 0.159. The second-order valence-electron chi connectivity index (χ2n) is 10.2. The Kier molecular flexibility index (Phi) is 7.19. The van der Waals surface area contributed by atoms with Gasteiger partial charge in [0.25, 0.3) is 0 Å². The molecule has 0 atom stereocenters. The van der Waals surface area contributed by atoms with Crippen molar-refractivity contribution < 1.29 is 0 Å². The van der Waals surface area contributed by atoms with E-state index in [1.165, 1.54) is 33.4 Å². The molecule has 6 rings (SSSR count). The molecule has 0 fully saturated rings. The normalized spacial score (nSPS) is 21.0. The lowest BCUT2D eigenvalue weighted by Gasteiger charge is -2.28. The first-order valence-electron chi connectivity index (χ1n) is 13.7.